The van der Waals surface area contributed by atoms with E-state index in [4.69, 9.17) is 15.1 Å². The highest BCUT2D eigenvalue weighted by atomic mass is 79.9. The maximum absolute atomic E-state index is 11.3. The van der Waals surface area contributed by atoms with E-state index in [9.17, 15) is 13.2 Å². The van der Waals surface area contributed by atoms with E-state index in [2.05, 4.69) is 41.7 Å². The topological polar surface area (TPSA) is 169 Å². The first-order valence-electron chi connectivity index (χ1n) is 8.13. The van der Waals surface area contributed by atoms with Crippen molar-refractivity contribution in [2.75, 3.05) is 17.2 Å². The molecule has 1 unspecified atom stereocenters. The van der Waals surface area contributed by atoms with Gasteiger partial charge in [-0.15, -0.1) is 0 Å². The molecule has 0 fully saturated rings. The Balaban J connectivity index is 2.10. The highest BCUT2D eigenvalue weighted by Crippen LogP contribution is 2.23. The highest BCUT2D eigenvalue weighted by Gasteiger charge is 2.12. The number of anilines is 3. The van der Waals surface area contributed by atoms with Crippen LogP contribution in [0.25, 0.3) is 0 Å². The number of carboxylic acids is 1. The van der Waals surface area contributed by atoms with Crippen LogP contribution >= 0.6 is 15.9 Å². The zero-order chi connectivity index (χ0) is 21.6. The lowest BCUT2D eigenvalue weighted by Crippen LogP contribution is -2.25. The van der Waals surface area contributed by atoms with Gasteiger partial charge in [-0.3, -0.25) is 0 Å². The molecular weight excluding hydrogens is 468 g/mol. The molecular formula is C16H19BrN6O5S. The van der Waals surface area contributed by atoms with Crippen LogP contribution in [0, 0.1) is 0 Å². The molecule has 5 N–H and O–H groups in total. The van der Waals surface area contributed by atoms with E-state index in [1.54, 1.807) is 13.8 Å². The molecule has 0 saturated carbocycles. The monoisotopic (exact) mass is 486 g/mol. The Kier molecular flexibility index (Phi) is 7.47. The Morgan fingerprint density at radius 3 is 2.62 bits per heavy atom. The molecule has 1 aromatic carbocycles. The number of sulfonamides is 1. The number of primary sulfonamides is 1. The average molecular weight is 487 g/mol. The second kappa shape index (κ2) is 9.62. The third kappa shape index (κ3) is 6.96. The summed E-state index contributed by atoms with van der Waals surface area (Å²) in [7, 11) is -3.77. The summed E-state index contributed by atoms with van der Waals surface area (Å²) in [6, 6.07) is 5.51. The Morgan fingerprint density at radius 2 is 2.03 bits per heavy atom. The lowest BCUT2D eigenvalue weighted by atomic mass is 10.2. The van der Waals surface area contributed by atoms with Crippen molar-refractivity contribution in [2.45, 2.75) is 24.8 Å². The van der Waals surface area contributed by atoms with Gasteiger partial charge in [0.15, 0.2) is 0 Å². The molecule has 1 atom stereocenters. The fourth-order valence-corrected chi connectivity index (χ4v) is 2.78. The molecule has 0 aliphatic heterocycles. The summed E-state index contributed by atoms with van der Waals surface area (Å²) in [6.07, 6.45) is 1.54. The van der Waals surface area contributed by atoms with Crippen LogP contribution in [0.15, 0.2) is 45.0 Å². The summed E-state index contributed by atoms with van der Waals surface area (Å²) in [5, 5.41) is 23.5. The zero-order valence-electron chi connectivity index (χ0n) is 15.5. The molecule has 0 aliphatic rings. The summed E-state index contributed by atoms with van der Waals surface area (Å²) in [6.45, 7) is 2.96. The smallest absolute Gasteiger partial charge is 0.344 e. The molecule has 156 valence electrons. The van der Waals surface area contributed by atoms with E-state index in [0.29, 0.717) is 21.7 Å². The Morgan fingerprint density at radius 1 is 1.38 bits per heavy atom. The quantitative estimate of drug-likeness (QED) is 0.305. The number of nitrogens with zero attached hydrogens (tertiary/aromatic N) is 3. The molecule has 0 aliphatic carbocycles. The number of nitrogens with two attached hydrogens (primary N) is 1. The molecule has 2 rings (SSSR count). The number of benzene rings is 1. The summed E-state index contributed by atoms with van der Waals surface area (Å²) in [5.41, 5.74) is 1.09. The largest absolute Gasteiger partial charge is 0.479 e. The van der Waals surface area contributed by atoms with Crippen molar-refractivity contribution in [3.05, 3.63) is 34.9 Å². The minimum atomic E-state index is -3.77. The minimum absolute atomic E-state index is 0.00386. The van der Waals surface area contributed by atoms with Crippen molar-refractivity contribution in [1.82, 2.24) is 9.97 Å². The number of halogens is 1. The second-order valence-electron chi connectivity index (χ2n) is 5.85. The maximum atomic E-state index is 11.3. The van der Waals surface area contributed by atoms with Crippen molar-refractivity contribution in [3.8, 4) is 0 Å². The van der Waals surface area contributed by atoms with Gasteiger partial charge in [-0.25, -0.2) is 23.3 Å². The van der Waals surface area contributed by atoms with Gasteiger partial charge in [0, 0.05) is 11.9 Å². The van der Waals surface area contributed by atoms with E-state index in [1.165, 1.54) is 30.5 Å². The molecule has 29 heavy (non-hydrogen) atoms. The third-order valence-corrected chi connectivity index (χ3v) is 5.07. The van der Waals surface area contributed by atoms with E-state index in [0.717, 1.165) is 0 Å². The lowest BCUT2D eigenvalue weighted by Gasteiger charge is -2.16. The number of hydrogen-bond donors (Lipinski definition) is 4. The van der Waals surface area contributed by atoms with Crippen molar-refractivity contribution >= 4 is 55.1 Å². The first kappa shape index (κ1) is 22.5. The molecule has 1 aromatic heterocycles. The Bertz CT molecular complexity index is 1010. The highest BCUT2D eigenvalue weighted by molar-refractivity contribution is 9.10. The van der Waals surface area contributed by atoms with Crippen LogP contribution in [0.4, 0.5) is 17.5 Å². The van der Waals surface area contributed by atoms with Crippen LogP contribution in [0.3, 0.4) is 0 Å². The van der Waals surface area contributed by atoms with Crippen LogP contribution in [0.5, 0.6) is 0 Å². The van der Waals surface area contributed by atoms with Crippen LogP contribution in [-0.2, 0) is 19.7 Å². The number of aliphatic carboxylic acids is 1. The Labute approximate surface area is 175 Å². The Hall–Kier alpha value is -2.77. The van der Waals surface area contributed by atoms with Gasteiger partial charge in [0.05, 0.1) is 21.1 Å². The molecule has 11 nitrogen and oxygen atoms in total. The zero-order valence-corrected chi connectivity index (χ0v) is 17.9. The SMILES string of the molecule is CC(=NOCC(=O)O)C(C)Nc1nc(Nc2ccc(S(N)(=O)=O)cc2)ncc1Br. The fraction of sp³-hybridized carbons (Fsp3) is 0.250. The van der Waals surface area contributed by atoms with Gasteiger partial charge in [0.1, 0.15) is 5.82 Å². The standard InChI is InChI=1S/C16H19BrN6O5S/c1-9(10(2)23-28-8-14(24)25)20-15-13(17)7-19-16(22-15)21-11-3-5-12(6-4-11)29(18,26)27/h3-7,9H,8H2,1-2H3,(H,24,25)(H2,18,26,27)(H2,19,20,21,22). The van der Waals surface area contributed by atoms with E-state index < -0.39 is 22.6 Å². The number of hydrogen-bond acceptors (Lipinski definition) is 9. The first-order valence-corrected chi connectivity index (χ1v) is 10.5. The van der Waals surface area contributed by atoms with Gasteiger partial charge < -0.3 is 20.6 Å². The van der Waals surface area contributed by atoms with Crippen LogP contribution in [0.2, 0.25) is 0 Å². The predicted octanol–water partition coefficient (Wildman–Crippen LogP) is 1.91. The van der Waals surface area contributed by atoms with Gasteiger partial charge in [0.2, 0.25) is 22.6 Å². The van der Waals surface area contributed by atoms with Gasteiger partial charge >= 0.3 is 5.97 Å². The van der Waals surface area contributed by atoms with Crippen LogP contribution in [-0.4, -0.2) is 47.8 Å². The fourth-order valence-electron chi connectivity index (χ4n) is 1.96. The molecule has 2 aromatic rings. The molecule has 1 heterocycles. The molecule has 13 heteroatoms. The number of carboxylic acid groups (broad SMARTS) is 1. The van der Waals surface area contributed by atoms with E-state index in [1.807, 2.05) is 0 Å². The van der Waals surface area contributed by atoms with Gasteiger partial charge in [0.25, 0.3) is 0 Å². The number of aromatic nitrogens is 2. The normalized spacial score (nSPS) is 12.9. The van der Waals surface area contributed by atoms with Gasteiger partial charge in [-0.2, -0.15) is 4.98 Å². The number of carbonyl (C=O) groups is 1. The summed E-state index contributed by atoms with van der Waals surface area (Å²) in [4.78, 5) is 23.7. The van der Waals surface area contributed by atoms with E-state index in [-0.39, 0.29) is 16.9 Å². The summed E-state index contributed by atoms with van der Waals surface area (Å²) < 4.78 is 23.2. The number of rotatable bonds is 9. The molecule has 0 amide bonds. The third-order valence-electron chi connectivity index (χ3n) is 3.56. The van der Waals surface area contributed by atoms with E-state index >= 15 is 0 Å². The van der Waals surface area contributed by atoms with Gasteiger partial charge in [-0.1, -0.05) is 5.16 Å². The second-order valence-corrected chi connectivity index (χ2v) is 8.27. The minimum Gasteiger partial charge on any atom is -0.479 e. The van der Waals surface area contributed by atoms with Crippen molar-refractivity contribution in [3.63, 3.8) is 0 Å². The van der Waals surface area contributed by atoms with Gasteiger partial charge in [-0.05, 0) is 54.0 Å². The van der Waals surface area contributed by atoms with Crippen molar-refractivity contribution in [1.29, 1.82) is 0 Å². The first-order chi connectivity index (χ1) is 13.6. The predicted molar refractivity (Wildman–Crippen MR) is 111 cm³/mol. The molecule has 0 radical (unpaired) electrons. The average Bonchev–Trinajstić information content (AvgIpc) is 2.63. The van der Waals surface area contributed by atoms with Crippen molar-refractivity contribution in [2.24, 2.45) is 10.3 Å². The van der Waals surface area contributed by atoms with Crippen LogP contribution in [0.1, 0.15) is 13.8 Å². The van der Waals surface area contributed by atoms with Crippen molar-refractivity contribution < 1.29 is 23.2 Å². The number of oxime groups is 1. The maximum Gasteiger partial charge on any atom is 0.344 e. The number of nitrogens with one attached hydrogen (secondary N) is 2. The molecule has 0 spiro atoms. The summed E-state index contributed by atoms with van der Waals surface area (Å²) >= 11 is 3.35. The summed E-state index contributed by atoms with van der Waals surface area (Å²) in [5.74, 6) is -0.388. The lowest BCUT2D eigenvalue weighted by molar-refractivity contribution is -0.142. The molecule has 0 saturated heterocycles. The van der Waals surface area contributed by atoms with Crippen LogP contribution < -0.4 is 15.8 Å². The molecule has 0 bridgehead atoms.